The van der Waals surface area contributed by atoms with Crippen molar-refractivity contribution >= 4 is 27.6 Å². The predicted molar refractivity (Wildman–Crippen MR) is 76.1 cm³/mol. The molecule has 6 heteroatoms. The molecule has 4 nitrogen and oxygen atoms in total. The lowest BCUT2D eigenvalue weighted by molar-refractivity contribution is -0.151. The Morgan fingerprint density at radius 1 is 1.21 bits per heavy atom. The van der Waals surface area contributed by atoms with E-state index in [4.69, 9.17) is 4.74 Å². The molecule has 19 heavy (non-hydrogen) atoms. The van der Waals surface area contributed by atoms with Gasteiger partial charge in [-0.05, 0) is 51.3 Å². The van der Waals surface area contributed by atoms with Crippen LogP contribution < -0.4 is 0 Å². The summed E-state index contributed by atoms with van der Waals surface area (Å²) in [6.45, 7) is 5.10. The number of thioether (sulfide) groups is 1. The van der Waals surface area contributed by atoms with E-state index in [1.807, 2.05) is 6.26 Å². The smallest absolute Gasteiger partial charge is 0.322 e. The van der Waals surface area contributed by atoms with Gasteiger partial charge in [-0.15, -0.1) is 11.8 Å². The van der Waals surface area contributed by atoms with Crippen LogP contribution in [0.25, 0.3) is 0 Å². The highest BCUT2D eigenvalue weighted by atomic mass is 32.2. The maximum Gasteiger partial charge on any atom is 0.322 e. The van der Waals surface area contributed by atoms with Gasteiger partial charge in [0.2, 0.25) is 0 Å². The highest BCUT2D eigenvalue weighted by Crippen LogP contribution is 2.19. The molecule has 106 valence electrons. The minimum absolute atomic E-state index is 0.135. The van der Waals surface area contributed by atoms with E-state index in [0.29, 0.717) is 0 Å². The normalized spacial score (nSPS) is 12.2. The summed E-state index contributed by atoms with van der Waals surface area (Å²) in [7, 11) is -3.64. The molecule has 0 heterocycles. The summed E-state index contributed by atoms with van der Waals surface area (Å²) in [5, 5.41) is 0. The SMILES string of the molecule is CSc1ccc(S(=O)(=O)CC(=O)OC(C)(C)C)cc1. The molecule has 0 aromatic heterocycles. The molecule has 0 amide bonds. The molecular formula is C13H18O4S2. The Bertz CT molecular complexity index is 539. The third-order valence-electron chi connectivity index (χ3n) is 2.15. The number of carbonyl (C=O) groups excluding carboxylic acids is 1. The summed E-state index contributed by atoms with van der Waals surface area (Å²) in [6, 6.07) is 6.44. The Kier molecular flexibility index (Phi) is 5.04. The third-order valence-corrected chi connectivity index (χ3v) is 4.50. The zero-order valence-electron chi connectivity index (χ0n) is 11.5. The van der Waals surface area contributed by atoms with Crippen LogP contribution in [-0.2, 0) is 19.4 Å². The Balaban J connectivity index is 2.83. The summed E-state index contributed by atoms with van der Waals surface area (Å²) in [5.41, 5.74) is -0.685. The zero-order valence-corrected chi connectivity index (χ0v) is 13.1. The fourth-order valence-electron chi connectivity index (χ4n) is 1.39. The van der Waals surface area contributed by atoms with Crippen molar-refractivity contribution in [1.82, 2.24) is 0 Å². The van der Waals surface area contributed by atoms with Crippen molar-refractivity contribution in [2.45, 2.75) is 36.2 Å². The van der Waals surface area contributed by atoms with Gasteiger partial charge in [0.15, 0.2) is 15.6 Å². The van der Waals surface area contributed by atoms with Gasteiger partial charge in [0.1, 0.15) is 5.60 Å². The first-order valence-electron chi connectivity index (χ1n) is 5.73. The molecule has 0 N–H and O–H groups in total. The summed E-state index contributed by atoms with van der Waals surface area (Å²) in [4.78, 5) is 12.7. The summed E-state index contributed by atoms with van der Waals surface area (Å²) in [6.07, 6.45) is 1.91. The van der Waals surface area contributed by atoms with Gasteiger partial charge in [-0.1, -0.05) is 0 Å². The maximum absolute atomic E-state index is 12.0. The molecular weight excluding hydrogens is 284 g/mol. The van der Waals surface area contributed by atoms with E-state index < -0.39 is 27.2 Å². The zero-order chi connectivity index (χ0) is 14.7. The van der Waals surface area contributed by atoms with Gasteiger partial charge < -0.3 is 4.74 Å². The van der Waals surface area contributed by atoms with Crippen LogP contribution in [0, 0.1) is 0 Å². The molecule has 0 saturated carbocycles. The molecule has 0 fully saturated rings. The molecule has 0 aliphatic heterocycles. The van der Waals surface area contributed by atoms with E-state index in [1.165, 1.54) is 23.9 Å². The second-order valence-corrected chi connectivity index (χ2v) is 7.89. The average molecular weight is 302 g/mol. The fraction of sp³-hybridized carbons (Fsp3) is 0.462. The van der Waals surface area contributed by atoms with Gasteiger partial charge in [-0.25, -0.2) is 8.42 Å². The molecule has 0 spiro atoms. The lowest BCUT2D eigenvalue weighted by atomic mass is 10.2. The minimum atomic E-state index is -3.64. The maximum atomic E-state index is 12.0. The molecule has 0 radical (unpaired) electrons. The predicted octanol–water partition coefficient (Wildman–Crippen LogP) is 2.52. The second-order valence-electron chi connectivity index (χ2n) is 5.02. The average Bonchev–Trinajstić information content (AvgIpc) is 2.25. The van der Waals surface area contributed by atoms with E-state index in [-0.39, 0.29) is 4.90 Å². The van der Waals surface area contributed by atoms with Gasteiger partial charge in [-0.2, -0.15) is 0 Å². The molecule has 0 unspecified atom stereocenters. The highest BCUT2D eigenvalue weighted by molar-refractivity contribution is 7.98. The van der Waals surface area contributed by atoms with Crippen LogP contribution in [0.2, 0.25) is 0 Å². The van der Waals surface area contributed by atoms with E-state index in [9.17, 15) is 13.2 Å². The highest BCUT2D eigenvalue weighted by Gasteiger charge is 2.24. The van der Waals surface area contributed by atoms with E-state index in [1.54, 1.807) is 32.9 Å². The lowest BCUT2D eigenvalue weighted by Gasteiger charge is -2.19. The number of carbonyl (C=O) groups is 1. The van der Waals surface area contributed by atoms with Crippen LogP contribution in [0.15, 0.2) is 34.1 Å². The van der Waals surface area contributed by atoms with Crippen LogP contribution in [-0.4, -0.2) is 32.0 Å². The molecule has 0 bridgehead atoms. The van der Waals surface area contributed by atoms with Crippen molar-refractivity contribution in [3.05, 3.63) is 24.3 Å². The number of ether oxygens (including phenoxy) is 1. The molecule has 0 atom stereocenters. The largest absolute Gasteiger partial charge is 0.459 e. The van der Waals surface area contributed by atoms with Crippen LogP contribution in [0.5, 0.6) is 0 Å². The number of hydrogen-bond donors (Lipinski definition) is 0. The second kappa shape index (κ2) is 5.96. The van der Waals surface area contributed by atoms with Crippen LogP contribution in [0.4, 0.5) is 0 Å². The van der Waals surface area contributed by atoms with Crippen molar-refractivity contribution in [2.75, 3.05) is 12.0 Å². The Morgan fingerprint density at radius 3 is 2.16 bits per heavy atom. The van der Waals surface area contributed by atoms with Crippen LogP contribution >= 0.6 is 11.8 Å². The molecule has 0 saturated heterocycles. The summed E-state index contributed by atoms with van der Waals surface area (Å²) in [5.74, 6) is -1.37. The monoisotopic (exact) mass is 302 g/mol. The first-order valence-corrected chi connectivity index (χ1v) is 8.60. The molecule has 1 aromatic rings. The topological polar surface area (TPSA) is 60.4 Å². The molecule has 0 aliphatic rings. The Labute approximate surface area is 118 Å². The van der Waals surface area contributed by atoms with Gasteiger partial charge >= 0.3 is 5.97 Å². The van der Waals surface area contributed by atoms with Gasteiger partial charge in [0.05, 0.1) is 4.90 Å². The van der Waals surface area contributed by atoms with E-state index in [2.05, 4.69) is 0 Å². The van der Waals surface area contributed by atoms with E-state index >= 15 is 0 Å². The number of benzene rings is 1. The molecule has 1 rings (SSSR count). The van der Waals surface area contributed by atoms with E-state index in [0.717, 1.165) is 4.90 Å². The number of rotatable bonds is 4. The first kappa shape index (κ1) is 16.0. The van der Waals surface area contributed by atoms with Crippen molar-refractivity contribution in [1.29, 1.82) is 0 Å². The number of hydrogen-bond acceptors (Lipinski definition) is 5. The van der Waals surface area contributed by atoms with Gasteiger partial charge in [0, 0.05) is 4.90 Å². The fourth-order valence-corrected chi connectivity index (χ4v) is 2.89. The van der Waals surface area contributed by atoms with Crippen molar-refractivity contribution in [3.63, 3.8) is 0 Å². The quantitative estimate of drug-likeness (QED) is 0.632. The molecule has 1 aromatic carbocycles. The first-order chi connectivity index (χ1) is 8.64. The third kappa shape index (κ3) is 5.24. The number of sulfone groups is 1. The molecule has 0 aliphatic carbocycles. The van der Waals surface area contributed by atoms with Crippen molar-refractivity contribution in [3.8, 4) is 0 Å². The van der Waals surface area contributed by atoms with Crippen LogP contribution in [0.1, 0.15) is 20.8 Å². The minimum Gasteiger partial charge on any atom is -0.459 e. The standard InChI is InChI=1S/C13H18O4S2/c1-13(2,3)17-12(14)9-19(15,16)11-7-5-10(18-4)6-8-11/h5-8H,9H2,1-4H3. The van der Waals surface area contributed by atoms with Gasteiger partial charge in [0.25, 0.3) is 0 Å². The number of esters is 1. The van der Waals surface area contributed by atoms with Gasteiger partial charge in [-0.3, -0.25) is 4.79 Å². The van der Waals surface area contributed by atoms with Crippen molar-refractivity contribution < 1.29 is 17.9 Å². The summed E-state index contributed by atoms with van der Waals surface area (Å²) < 4.78 is 29.1. The summed E-state index contributed by atoms with van der Waals surface area (Å²) >= 11 is 1.52. The lowest BCUT2D eigenvalue weighted by Crippen LogP contribution is -2.28. The Hall–Kier alpha value is -1.01. The Morgan fingerprint density at radius 2 is 1.74 bits per heavy atom. The van der Waals surface area contributed by atoms with Crippen molar-refractivity contribution in [2.24, 2.45) is 0 Å². The van der Waals surface area contributed by atoms with Crippen LogP contribution in [0.3, 0.4) is 0 Å².